The number of nitrogens with one attached hydrogen (secondary N) is 1. The van der Waals surface area contributed by atoms with Gasteiger partial charge in [-0.3, -0.25) is 0 Å². The molecule has 0 amide bonds. The van der Waals surface area contributed by atoms with Crippen LogP contribution in [0.15, 0.2) is 18.2 Å². The lowest BCUT2D eigenvalue weighted by Gasteiger charge is -2.26. The average Bonchev–Trinajstić information content (AvgIpc) is 2.26. The zero-order valence-electron chi connectivity index (χ0n) is 11.5. The average molecular weight is 289 g/mol. The van der Waals surface area contributed by atoms with Crippen LogP contribution >= 0.6 is 23.2 Å². The molecule has 4 heteroatoms. The highest BCUT2D eigenvalue weighted by atomic mass is 35.5. The summed E-state index contributed by atoms with van der Waals surface area (Å²) in [6.45, 7) is 6.14. The van der Waals surface area contributed by atoms with Gasteiger partial charge in [0.05, 0.1) is 0 Å². The Bertz CT molecular complexity index is 358. The molecule has 0 fully saturated rings. The molecular formula is C14H22Cl2N2. The molecule has 18 heavy (non-hydrogen) atoms. The Morgan fingerprint density at radius 2 is 1.72 bits per heavy atom. The largest absolute Gasteiger partial charge is 0.308 e. The predicted octanol–water partition coefficient (Wildman–Crippen LogP) is 3.67. The van der Waals surface area contributed by atoms with Crippen LogP contribution in [-0.2, 0) is 6.54 Å². The molecule has 1 atom stereocenters. The summed E-state index contributed by atoms with van der Waals surface area (Å²) in [6.07, 6.45) is 0. The molecular weight excluding hydrogens is 267 g/mol. The molecule has 1 aromatic carbocycles. The third-order valence-corrected chi connectivity index (χ3v) is 3.68. The molecule has 0 radical (unpaired) electrons. The van der Waals surface area contributed by atoms with Gasteiger partial charge in [-0.2, -0.15) is 0 Å². The fourth-order valence-electron chi connectivity index (χ4n) is 1.84. The van der Waals surface area contributed by atoms with Crippen LogP contribution in [0.4, 0.5) is 0 Å². The Morgan fingerprint density at radius 1 is 1.17 bits per heavy atom. The standard InChI is InChI=1S/C14H22Cl2N2/c1-10(2)14(9-18(3)4)17-8-11-12(15)6-5-7-13(11)16/h5-7,10,14,17H,8-9H2,1-4H3. The van der Waals surface area contributed by atoms with E-state index in [0.29, 0.717) is 18.5 Å². The molecule has 0 aliphatic heterocycles. The van der Waals surface area contributed by atoms with Crippen molar-refractivity contribution in [3.63, 3.8) is 0 Å². The Labute approximate surface area is 120 Å². The molecule has 0 spiro atoms. The van der Waals surface area contributed by atoms with Crippen molar-refractivity contribution in [3.8, 4) is 0 Å². The maximum atomic E-state index is 6.16. The van der Waals surface area contributed by atoms with Gasteiger partial charge in [-0.25, -0.2) is 0 Å². The van der Waals surface area contributed by atoms with E-state index in [0.717, 1.165) is 22.2 Å². The van der Waals surface area contributed by atoms with E-state index < -0.39 is 0 Å². The van der Waals surface area contributed by atoms with Crippen molar-refractivity contribution < 1.29 is 0 Å². The lowest BCUT2D eigenvalue weighted by molar-refractivity contribution is 0.288. The number of hydrogen-bond donors (Lipinski definition) is 1. The van der Waals surface area contributed by atoms with Crippen LogP contribution < -0.4 is 5.32 Å². The summed E-state index contributed by atoms with van der Waals surface area (Å²) in [5.74, 6) is 0.564. The van der Waals surface area contributed by atoms with Crippen molar-refractivity contribution in [2.24, 2.45) is 5.92 Å². The van der Waals surface area contributed by atoms with Crippen LogP contribution in [0.2, 0.25) is 10.0 Å². The molecule has 0 aromatic heterocycles. The normalized spacial score (nSPS) is 13.3. The molecule has 2 nitrogen and oxygen atoms in total. The van der Waals surface area contributed by atoms with E-state index in [1.165, 1.54) is 0 Å². The number of hydrogen-bond acceptors (Lipinski definition) is 2. The Morgan fingerprint density at radius 3 is 2.17 bits per heavy atom. The van der Waals surface area contributed by atoms with Gasteiger partial charge in [0.2, 0.25) is 0 Å². The minimum Gasteiger partial charge on any atom is -0.308 e. The summed E-state index contributed by atoms with van der Waals surface area (Å²) in [4.78, 5) is 2.19. The lowest BCUT2D eigenvalue weighted by atomic mass is 10.0. The highest BCUT2D eigenvalue weighted by Crippen LogP contribution is 2.24. The molecule has 1 rings (SSSR count). The molecule has 1 aromatic rings. The van der Waals surface area contributed by atoms with Gasteiger partial charge in [0, 0.05) is 34.7 Å². The van der Waals surface area contributed by atoms with E-state index in [9.17, 15) is 0 Å². The van der Waals surface area contributed by atoms with Crippen LogP contribution in [0.3, 0.4) is 0 Å². The summed E-state index contributed by atoms with van der Waals surface area (Å²) in [5.41, 5.74) is 0.977. The third kappa shape index (κ3) is 4.77. The second-order valence-corrected chi connectivity index (χ2v) is 6.01. The smallest absolute Gasteiger partial charge is 0.0465 e. The number of nitrogens with zero attached hydrogens (tertiary/aromatic N) is 1. The first-order chi connectivity index (χ1) is 8.41. The Hall–Kier alpha value is -0.280. The van der Waals surface area contributed by atoms with E-state index in [4.69, 9.17) is 23.2 Å². The zero-order valence-corrected chi connectivity index (χ0v) is 13.0. The number of rotatable bonds is 6. The molecule has 0 aliphatic carbocycles. The van der Waals surface area contributed by atoms with Gasteiger partial charge in [0.1, 0.15) is 0 Å². The highest BCUT2D eigenvalue weighted by molar-refractivity contribution is 6.35. The zero-order chi connectivity index (χ0) is 13.7. The van der Waals surface area contributed by atoms with Crippen LogP contribution in [0.5, 0.6) is 0 Å². The van der Waals surface area contributed by atoms with Gasteiger partial charge in [0.15, 0.2) is 0 Å². The van der Waals surface area contributed by atoms with Crippen LogP contribution in [0.1, 0.15) is 19.4 Å². The van der Waals surface area contributed by atoms with Crippen LogP contribution in [-0.4, -0.2) is 31.6 Å². The van der Waals surface area contributed by atoms with E-state index in [1.54, 1.807) is 0 Å². The second kappa shape index (κ2) is 7.34. The number of halogens is 2. The molecule has 0 aliphatic rings. The van der Waals surface area contributed by atoms with E-state index in [1.807, 2.05) is 18.2 Å². The summed E-state index contributed by atoms with van der Waals surface area (Å²) < 4.78 is 0. The van der Waals surface area contributed by atoms with Crippen molar-refractivity contribution in [2.45, 2.75) is 26.4 Å². The van der Waals surface area contributed by atoms with E-state index >= 15 is 0 Å². The predicted molar refractivity (Wildman–Crippen MR) is 80.5 cm³/mol. The molecule has 1 unspecified atom stereocenters. The summed E-state index contributed by atoms with van der Waals surface area (Å²) in [7, 11) is 4.17. The minimum absolute atomic E-state index is 0.423. The summed E-state index contributed by atoms with van der Waals surface area (Å²) in [5, 5.41) is 4.99. The first-order valence-electron chi connectivity index (χ1n) is 6.22. The highest BCUT2D eigenvalue weighted by Gasteiger charge is 2.15. The van der Waals surface area contributed by atoms with Crippen LogP contribution in [0.25, 0.3) is 0 Å². The maximum absolute atomic E-state index is 6.16. The van der Waals surface area contributed by atoms with Gasteiger partial charge in [-0.05, 0) is 32.1 Å². The number of likely N-dealkylation sites (N-methyl/N-ethyl adjacent to an activating group) is 1. The van der Waals surface area contributed by atoms with Crippen molar-refractivity contribution in [1.82, 2.24) is 10.2 Å². The van der Waals surface area contributed by atoms with Gasteiger partial charge in [-0.1, -0.05) is 43.1 Å². The van der Waals surface area contributed by atoms with Gasteiger partial charge in [-0.15, -0.1) is 0 Å². The molecule has 1 N–H and O–H groups in total. The SMILES string of the molecule is CC(C)C(CN(C)C)NCc1c(Cl)cccc1Cl. The van der Waals surface area contributed by atoms with Crippen molar-refractivity contribution in [2.75, 3.05) is 20.6 Å². The van der Waals surface area contributed by atoms with Crippen molar-refractivity contribution in [3.05, 3.63) is 33.8 Å². The first-order valence-corrected chi connectivity index (χ1v) is 6.98. The Kier molecular flexibility index (Phi) is 6.44. The Balaban J connectivity index is 2.67. The fourth-order valence-corrected chi connectivity index (χ4v) is 2.37. The molecule has 0 saturated carbocycles. The van der Waals surface area contributed by atoms with Crippen LogP contribution in [0, 0.1) is 5.92 Å². The number of benzene rings is 1. The van der Waals surface area contributed by atoms with Gasteiger partial charge in [0.25, 0.3) is 0 Å². The quantitative estimate of drug-likeness (QED) is 0.859. The monoisotopic (exact) mass is 288 g/mol. The molecule has 0 bridgehead atoms. The fraction of sp³-hybridized carbons (Fsp3) is 0.571. The minimum atomic E-state index is 0.423. The topological polar surface area (TPSA) is 15.3 Å². The molecule has 0 heterocycles. The first kappa shape index (κ1) is 15.8. The maximum Gasteiger partial charge on any atom is 0.0465 e. The second-order valence-electron chi connectivity index (χ2n) is 5.19. The van der Waals surface area contributed by atoms with Gasteiger partial charge >= 0.3 is 0 Å². The molecule has 0 saturated heterocycles. The van der Waals surface area contributed by atoms with Crippen molar-refractivity contribution in [1.29, 1.82) is 0 Å². The van der Waals surface area contributed by atoms with E-state index in [-0.39, 0.29) is 0 Å². The summed E-state index contributed by atoms with van der Waals surface area (Å²) in [6, 6.07) is 6.04. The summed E-state index contributed by atoms with van der Waals surface area (Å²) >= 11 is 12.3. The van der Waals surface area contributed by atoms with E-state index in [2.05, 4.69) is 38.2 Å². The third-order valence-electron chi connectivity index (χ3n) is 2.97. The molecule has 102 valence electrons. The van der Waals surface area contributed by atoms with Crippen molar-refractivity contribution >= 4 is 23.2 Å². The van der Waals surface area contributed by atoms with Gasteiger partial charge < -0.3 is 10.2 Å². The lowest BCUT2D eigenvalue weighted by Crippen LogP contribution is -2.41.